The summed E-state index contributed by atoms with van der Waals surface area (Å²) in [5.74, 6) is 0.0366. The molecule has 1 aromatic heterocycles. The number of rotatable bonds is 7. The Morgan fingerprint density at radius 1 is 1.03 bits per heavy atom. The summed E-state index contributed by atoms with van der Waals surface area (Å²) in [5, 5.41) is 3.54. The Kier molecular flexibility index (Phi) is 6.51. The van der Waals surface area contributed by atoms with E-state index in [9.17, 15) is 14.4 Å². The minimum Gasteiger partial charge on any atom is -0.484 e. The predicted octanol–water partition coefficient (Wildman–Crippen LogP) is 3.60. The molecule has 2 amide bonds. The van der Waals surface area contributed by atoms with E-state index >= 15 is 0 Å². The third-order valence-electron chi connectivity index (χ3n) is 4.76. The summed E-state index contributed by atoms with van der Waals surface area (Å²) in [5.41, 5.74) is 1.93. The van der Waals surface area contributed by atoms with Crippen LogP contribution in [0.4, 0.5) is 5.69 Å². The average Bonchev–Trinajstić information content (AvgIpc) is 2.73. The summed E-state index contributed by atoms with van der Waals surface area (Å²) >= 11 is 0. The number of hydrogen-bond acceptors (Lipinski definition) is 5. The Morgan fingerprint density at radius 3 is 2.40 bits per heavy atom. The zero-order valence-corrected chi connectivity index (χ0v) is 17.2. The maximum absolute atomic E-state index is 12.3. The van der Waals surface area contributed by atoms with E-state index in [0.29, 0.717) is 35.7 Å². The molecule has 0 unspecified atom stereocenters. The number of carbonyl (C=O) groups excluding carboxylic acids is 2. The molecule has 2 aromatic carbocycles. The molecule has 7 heteroatoms. The maximum Gasteiger partial charge on any atom is 0.336 e. The van der Waals surface area contributed by atoms with Crippen molar-refractivity contribution in [2.24, 2.45) is 0 Å². The molecule has 0 aliphatic rings. The first-order valence-corrected chi connectivity index (χ1v) is 9.77. The van der Waals surface area contributed by atoms with Gasteiger partial charge < -0.3 is 19.4 Å². The highest BCUT2D eigenvalue weighted by Crippen LogP contribution is 2.22. The van der Waals surface area contributed by atoms with Gasteiger partial charge in [0.05, 0.1) is 0 Å². The number of carbonyl (C=O) groups is 2. The van der Waals surface area contributed by atoms with Crippen LogP contribution in [0.2, 0.25) is 0 Å². The second-order valence-corrected chi connectivity index (χ2v) is 6.80. The molecular weight excluding hydrogens is 384 g/mol. The van der Waals surface area contributed by atoms with E-state index in [1.54, 1.807) is 47.4 Å². The minimum absolute atomic E-state index is 0.0422. The van der Waals surface area contributed by atoms with Crippen LogP contribution in [0, 0.1) is 6.92 Å². The van der Waals surface area contributed by atoms with Gasteiger partial charge >= 0.3 is 5.63 Å². The van der Waals surface area contributed by atoms with Crippen molar-refractivity contribution < 1.29 is 18.7 Å². The van der Waals surface area contributed by atoms with Crippen LogP contribution in [0.15, 0.2) is 57.7 Å². The molecule has 0 radical (unpaired) electrons. The second-order valence-electron chi connectivity index (χ2n) is 6.80. The van der Waals surface area contributed by atoms with E-state index in [-0.39, 0.29) is 18.4 Å². The molecule has 156 valence electrons. The van der Waals surface area contributed by atoms with Gasteiger partial charge in [0.25, 0.3) is 11.8 Å². The lowest BCUT2D eigenvalue weighted by Crippen LogP contribution is -2.30. The number of nitrogens with zero attached hydrogens (tertiary/aromatic N) is 1. The van der Waals surface area contributed by atoms with Crippen LogP contribution < -0.4 is 15.7 Å². The van der Waals surface area contributed by atoms with Gasteiger partial charge in [-0.2, -0.15) is 0 Å². The van der Waals surface area contributed by atoms with Gasteiger partial charge in [0, 0.05) is 41.9 Å². The van der Waals surface area contributed by atoms with Crippen molar-refractivity contribution in [3.63, 3.8) is 0 Å². The lowest BCUT2D eigenvalue weighted by molar-refractivity contribution is -0.118. The SMILES string of the molecule is CCN(CC)C(=O)c1ccc(NC(=O)COc2ccc3c(C)cc(=O)oc3c2)cc1. The molecule has 0 bridgehead atoms. The Labute approximate surface area is 174 Å². The van der Waals surface area contributed by atoms with Crippen LogP contribution in [-0.2, 0) is 4.79 Å². The Morgan fingerprint density at radius 2 is 1.73 bits per heavy atom. The molecular formula is C23H24N2O5. The summed E-state index contributed by atoms with van der Waals surface area (Å²) < 4.78 is 10.7. The normalized spacial score (nSPS) is 10.6. The number of nitrogens with one attached hydrogen (secondary N) is 1. The highest BCUT2D eigenvalue weighted by Gasteiger charge is 2.12. The van der Waals surface area contributed by atoms with E-state index in [2.05, 4.69) is 5.32 Å². The van der Waals surface area contributed by atoms with Crippen LogP contribution >= 0.6 is 0 Å². The number of aryl methyl sites for hydroxylation is 1. The summed E-state index contributed by atoms with van der Waals surface area (Å²) in [4.78, 5) is 37.8. The van der Waals surface area contributed by atoms with Gasteiger partial charge in [0.2, 0.25) is 0 Å². The fraction of sp³-hybridized carbons (Fsp3) is 0.261. The average molecular weight is 408 g/mol. The third-order valence-corrected chi connectivity index (χ3v) is 4.76. The number of amides is 2. The largest absolute Gasteiger partial charge is 0.484 e. The molecule has 1 heterocycles. The monoisotopic (exact) mass is 408 g/mol. The lowest BCUT2D eigenvalue weighted by Gasteiger charge is -2.18. The van der Waals surface area contributed by atoms with Gasteiger partial charge in [-0.25, -0.2) is 4.79 Å². The number of benzene rings is 2. The van der Waals surface area contributed by atoms with Crippen LogP contribution in [-0.4, -0.2) is 36.4 Å². The molecule has 0 saturated carbocycles. The molecule has 0 aliphatic heterocycles. The van der Waals surface area contributed by atoms with Crippen molar-refractivity contribution in [2.75, 3.05) is 25.0 Å². The van der Waals surface area contributed by atoms with Gasteiger partial charge in [-0.3, -0.25) is 9.59 Å². The van der Waals surface area contributed by atoms with E-state index in [1.807, 2.05) is 20.8 Å². The van der Waals surface area contributed by atoms with Crippen molar-refractivity contribution in [1.29, 1.82) is 0 Å². The Balaban J connectivity index is 1.60. The van der Waals surface area contributed by atoms with Crippen molar-refractivity contribution in [3.8, 4) is 5.75 Å². The smallest absolute Gasteiger partial charge is 0.336 e. The molecule has 3 rings (SSSR count). The summed E-state index contributed by atoms with van der Waals surface area (Å²) in [6.45, 7) is 6.77. The standard InChI is InChI=1S/C23H24N2O5/c1-4-25(5-2)23(28)16-6-8-17(9-7-16)24-21(26)14-29-18-10-11-19-15(3)12-22(27)30-20(19)13-18/h6-13H,4-5,14H2,1-3H3,(H,24,26). The van der Waals surface area contributed by atoms with E-state index in [4.69, 9.17) is 9.15 Å². The van der Waals surface area contributed by atoms with Crippen LogP contribution in [0.25, 0.3) is 11.0 Å². The molecule has 0 spiro atoms. The molecule has 0 aliphatic carbocycles. The zero-order valence-electron chi connectivity index (χ0n) is 17.2. The van der Waals surface area contributed by atoms with Crippen LogP contribution in [0.1, 0.15) is 29.8 Å². The third kappa shape index (κ3) is 4.86. The molecule has 3 aromatic rings. The summed E-state index contributed by atoms with van der Waals surface area (Å²) in [7, 11) is 0. The fourth-order valence-electron chi connectivity index (χ4n) is 3.13. The van der Waals surface area contributed by atoms with Crippen molar-refractivity contribution in [2.45, 2.75) is 20.8 Å². The Bertz CT molecular complexity index is 1110. The molecule has 30 heavy (non-hydrogen) atoms. The maximum atomic E-state index is 12.3. The van der Waals surface area contributed by atoms with E-state index in [1.165, 1.54) is 6.07 Å². The second kappa shape index (κ2) is 9.26. The van der Waals surface area contributed by atoms with Crippen molar-refractivity contribution in [1.82, 2.24) is 4.90 Å². The molecule has 1 N–H and O–H groups in total. The van der Waals surface area contributed by atoms with Crippen LogP contribution in [0.3, 0.4) is 0 Å². The van der Waals surface area contributed by atoms with Crippen molar-refractivity contribution in [3.05, 3.63) is 70.1 Å². The highest BCUT2D eigenvalue weighted by atomic mass is 16.5. The van der Waals surface area contributed by atoms with Crippen LogP contribution in [0.5, 0.6) is 5.75 Å². The molecule has 0 fully saturated rings. The van der Waals surface area contributed by atoms with Gasteiger partial charge in [-0.15, -0.1) is 0 Å². The van der Waals surface area contributed by atoms with E-state index < -0.39 is 5.63 Å². The van der Waals surface area contributed by atoms with Gasteiger partial charge in [-0.05, 0) is 62.7 Å². The minimum atomic E-state index is -0.433. The number of ether oxygens (including phenoxy) is 1. The fourth-order valence-corrected chi connectivity index (χ4v) is 3.13. The topological polar surface area (TPSA) is 88.9 Å². The van der Waals surface area contributed by atoms with Crippen molar-refractivity contribution >= 4 is 28.5 Å². The first-order valence-electron chi connectivity index (χ1n) is 9.77. The predicted molar refractivity (Wildman–Crippen MR) is 115 cm³/mol. The summed E-state index contributed by atoms with van der Waals surface area (Å²) in [6.07, 6.45) is 0. The number of fused-ring (bicyclic) bond motifs is 1. The van der Waals surface area contributed by atoms with E-state index in [0.717, 1.165) is 10.9 Å². The van der Waals surface area contributed by atoms with Gasteiger partial charge in [-0.1, -0.05) is 0 Å². The molecule has 0 atom stereocenters. The highest BCUT2D eigenvalue weighted by molar-refractivity contribution is 5.96. The first-order chi connectivity index (χ1) is 14.4. The molecule has 0 saturated heterocycles. The quantitative estimate of drug-likeness (QED) is 0.604. The number of anilines is 1. The zero-order chi connectivity index (χ0) is 21.7. The number of hydrogen-bond donors (Lipinski definition) is 1. The lowest BCUT2D eigenvalue weighted by atomic mass is 10.1. The first kappa shape index (κ1) is 21.1. The van der Waals surface area contributed by atoms with Gasteiger partial charge in [0.15, 0.2) is 6.61 Å². The summed E-state index contributed by atoms with van der Waals surface area (Å²) in [6, 6.07) is 13.3. The molecule has 7 nitrogen and oxygen atoms in total. The van der Waals surface area contributed by atoms with Gasteiger partial charge in [0.1, 0.15) is 11.3 Å². The Hall–Kier alpha value is -3.61.